The van der Waals surface area contributed by atoms with Gasteiger partial charge in [-0.15, -0.1) is 0 Å². The van der Waals surface area contributed by atoms with E-state index in [9.17, 15) is 9.18 Å². The summed E-state index contributed by atoms with van der Waals surface area (Å²) < 4.78 is 14.2. The van der Waals surface area contributed by atoms with Crippen LogP contribution >= 0.6 is 0 Å². The molecule has 20 heavy (non-hydrogen) atoms. The van der Waals surface area contributed by atoms with Gasteiger partial charge in [0.05, 0.1) is 11.3 Å². The van der Waals surface area contributed by atoms with Crippen LogP contribution in [0, 0.1) is 12.7 Å². The van der Waals surface area contributed by atoms with E-state index in [-0.39, 0.29) is 5.56 Å². The lowest BCUT2D eigenvalue weighted by atomic mass is 10.1. The molecule has 0 aromatic heterocycles. The largest absolute Gasteiger partial charge is 0.478 e. The first-order chi connectivity index (χ1) is 9.54. The molecule has 0 aliphatic heterocycles. The van der Waals surface area contributed by atoms with Crippen LogP contribution in [0.1, 0.15) is 22.8 Å². The molecule has 0 heterocycles. The van der Waals surface area contributed by atoms with Crippen molar-refractivity contribution in [3.05, 3.63) is 59.4 Å². The summed E-state index contributed by atoms with van der Waals surface area (Å²) in [6.45, 7) is 4.48. The van der Waals surface area contributed by atoms with E-state index in [1.807, 2.05) is 43.0 Å². The third kappa shape index (κ3) is 2.64. The topological polar surface area (TPSA) is 40.5 Å². The van der Waals surface area contributed by atoms with Crippen molar-refractivity contribution in [2.75, 3.05) is 11.4 Å². The summed E-state index contributed by atoms with van der Waals surface area (Å²) in [4.78, 5) is 12.7. The lowest BCUT2D eigenvalue weighted by molar-refractivity contribution is 0.0696. The zero-order chi connectivity index (χ0) is 14.7. The molecule has 0 fully saturated rings. The molecule has 0 saturated carbocycles. The fourth-order valence-electron chi connectivity index (χ4n) is 2.20. The number of halogens is 1. The molecule has 0 radical (unpaired) electrons. The number of hydrogen-bond donors (Lipinski definition) is 1. The number of anilines is 2. The Kier molecular flexibility index (Phi) is 4.03. The summed E-state index contributed by atoms with van der Waals surface area (Å²) in [7, 11) is 0. The van der Waals surface area contributed by atoms with Crippen molar-refractivity contribution >= 4 is 17.3 Å². The van der Waals surface area contributed by atoms with Crippen molar-refractivity contribution in [1.29, 1.82) is 0 Å². The molecule has 0 unspecified atom stereocenters. The highest BCUT2D eigenvalue weighted by Gasteiger charge is 2.15. The minimum absolute atomic E-state index is 0.0490. The van der Waals surface area contributed by atoms with E-state index in [4.69, 9.17) is 5.11 Å². The molecule has 3 nitrogen and oxygen atoms in total. The Morgan fingerprint density at radius 3 is 2.45 bits per heavy atom. The van der Waals surface area contributed by atoms with Gasteiger partial charge in [-0.25, -0.2) is 9.18 Å². The van der Waals surface area contributed by atoms with E-state index in [0.29, 0.717) is 12.2 Å². The second-order valence-corrected chi connectivity index (χ2v) is 4.50. The van der Waals surface area contributed by atoms with Crippen LogP contribution in [0.2, 0.25) is 0 Å². The van der Waals surface area contributed by atoms with Crippen molar-refractivity contribution < 1.29 is 14.3 Å². The number of carboxylic acid groups (broad SMARTS) is 1. The molecule has 2 aromatic rings. The molecule has 0 atom stereocenters. The van der Waals surface area contributed by atoms with Gasteiger partial charge in [0, 0.05) is 12.2 Å². The van der Waals surface area contributed by atoms with Crippen LogP contribution < -0.4 is 4.90 Å². The molecular weight excluding hydrogens is 257 g/mol. The van der Waals surface area contributed by atoms with Crippen molar-refractivity contribution in [3.63, 3.8) is 0 Å². The third-order valence-corrected chi connectivity index (χ3v) is 3.21. The summed E-state index contributed by atoms with van der Waals surface area (Å²) in [5.41, 5.74) is 2.28. The Balaban J connectivity index is 2.48. The quantitative estimate of drug-likeness (QED) is 0.915. The maximum atomic E-state index is 14.2. The van der Waals surface area contributed by atoms with Gasteiger partial charge in [0.25, 0.3) is 0 Å². The van der Waals surface area contributed by atoms with Gasteiger partial charge >= 0.3 is 5.97 Å². The highest BCUT2D eigenvalue weighted by molar-refractivity contribution is 5.88. The standard InChI is InChI=1S/C16H16FNO2/c1-3-18(14-7-5-4-6-11(14)2)15-9-8-12(16(19)20)10-13(15)17/h4-10H,3H2,1-2H3,(H,19,20). The number of nitrogens with zero attached hydrogens (tertiary/aromatic N) is 1. The van der Waals surface area contributed by atoms with Crippen LogP contribution in [-0.2, 0) is 0 Å². The number of rotatable bonds is 4. The average Bonchev–Trinajstić information content (AvgIpc) is 2.43. The van der Waals surface area contributed by atoms with Crippen LogP contribution in [0.5, 0.6) is 0 Å². The first-order valence-corrected chi connectivity index (χ1v) is 6.40. The Morgan fingerprint density at radius 2 is 1.90 bits per heavy atom. The summed E-state index contributed by atoms with van der Waals surface area (Å²) in [5.74, 6) is -1.66. The first-order valence-electron chi connectivity index (χ1n) is 6.40. The summed E-state index contributed by atoms with van der Waals surface area (Å²) in [6, 6.07) is 11.7. The SMILES string of the molecule is CCN(c1ccccc1C)c1ccc(C(=O)O)cc1F. The van der Waals surface area contributed by atoms with Crippen molar-refractivity contribution in [3.8, 4) is 0 Å². The van der Waals surface area contributed by atoms with Crippen molar-refractivity contribution in [1.82, 2.24) is 0 Å². The van der Waals surface area contributed by atoms with Crippen LogP contribution in [0.15, 0.2) is 42.5 Å². The van der Waals surface area contributed by atoms with Gasteiger partial charge in [-0.1, -0.05) is 18.2 Å². The van der Waals surface area contributed by atoms with Gasteiger partial charge in [0.15, 0.2) is 0 Å². The zero-order valence-corrected chi connectivity index (χ0v) is 11.4. The van der Waals surface area contributed by atoms with Crippen LogP contribution in [-0.4, -0.2) is 17.6 Å². The third-order valence-electron chi connectivity index (χ3n) is 3.21. The fourth-order valence-corrected chi connectivity index (χ4v) is 2.20. The maximum Gasteiger partial charge on any atom is 0.335 e. The molecule has 0 bridgehead atoms. The minimum atomic E-state index is -1.13. The Morgan fingerprint density at radius 1 is 1.20 bits per heavy atom. The number of para-hydroxylation sites is 1. The molecule has 4 heteroatoms. The van der Waals surface area contributed by atoms with Crippen molar-refractivity contribution in [2.24, 2.45) is 0 Å². The molecular formula is C16H16FNO2. The van der Waals surface area contributed by atoms with E-state index < -0.39 is 11.8 Å². The molecule has 0 amide bonds. The second kappa shape index (κ2) is 5.74. The van der Waals surface area contributed by atoms with Gasteiger partial charge in [-0.05, 0) is 43.7 Å². The maximum absolute atomic E-state index is 14.2. The van der Waals surface area contributed by atoms with E-state index in [0.717, 1.165) is 17.3 Å². The lowest BCUT2D eigenvalue weighted by Gasteiger charge is -2.25. The number of aromatic carboxylic acids is 1. The summed E-state index contributed by atoms with van der Waals surface area (Å²) >= 11 is 0. The Hall–Kier alpha value is -2.36. The highest BCUT2D eigenvalue weighted by Crippen LogP contribution is 2.30. The van der Waals surface area contributed by atoms with E-state index >= 15 is 0 Å². The molecule has 0 aliphatic carbocycles. The summed E-state index contributed by atoms with van der Waals surface area (Å²) in [5, 5.41) is 8.88. The van der Waals surface area contributed by atoms with E-state index in [1.54, 1.807) is 0 Å². The smallest absolute Gasteiger partial charge is 0.335 e. The first kappa shape index (κ1) is 14.1. The molecule has 1 N–H and O–H groups in total. The number of aryl methyl sites for hydroxylation is 1. The lowest BCUT2D eigenvalue weighted by Crippen LogP contribution is -2.18. The molecule has 0 aliphatic rings. The monoisotopic (exact) mass is 273 g/mol. The average molecular weight is 273 g/mol. The number of carbonyl (C=O) groups is 1. The molecule has 0 spiro atoms. The molecule has 104 valence electrons. The van der Waals surface area contributed by atoms with Gasteiger partial charge < -0.3 is 10.0 Å². The molecule has 0 saturated heterocycles. The van der Waals surface area contributed by atoms with Gasteiger partial charge in [-0.2, -0.15) is 0 Å². The zero-order valence-electron chi connectivity index (χ0n) is 11.4. The normalized spacial score (nSPS) is 10.3. The number of carboxylic acids is 1. The predicted octanol–water partition coefficient (Wildman–Crippen LogP) is 3.99. The molecule has 2 rings (SSSR count). The minimum Gasteiger partial charge on any atom is -0.478 e. The highest BCUT2D eigenvalue weighted by atomic mass is 19.1. The van der Waals surface area contributed by atoms with Crippen LogP contribution in [0.25, 0.3) is 0 Å². The Bertz CT molecular complexity index is 640. The van der Waals surface area contributed by atoms with Crippen molar-refractivity contribution in [2.45, 2.75) is 13.8 Å². The van der Waals surface area contributed by atoms with E-state index in [2.05, 4.69) is 0 Å². The Labute approximate surface area is 117 Å². The van der Waals surface area contributed by atoms with Crippen LogP contribution in [0.3, 0.4) is 0 Å². The van der Waals surface area contributed by atoms with E-state index in [1.165, 1.54) is 12.1 Å². The molecule has 2 aromatic carbocycles. The fraction of sp³-hybridized carbons (Fsp3) is 0.188. The second-order valence-electron chi connectivity index (χ2n) is 4.50. The van der Waals surface area contributed by atoms with Gasteiger partial charge in [-0.3, -0.25) is 0 Å². The van der Waals surface area contributed by atoms with Crippen LogP contribution in [0.4, 0.5) is 15.8 Å². The number of hydrogen-bond acceptors (Lipinski definition) is 2. The van der Waals surface area contributed by atoms with Gasteiger partial charge in [0.1, 0.15) is 5.82 Å². The summed E-state index contributed by atoms with van der Waals surface area (Å²) in [6.07, 6.45) is 0. The predicted molar refractivity (Wildman–Crippen MR) is 77.2 cm³/mol. The number of benzene rings is 2. The van der Waals surface area contributed by atoms with Gasteiger partial charge in [0.2, 0.25) is 0 Å².